The maximum atomic E-state index is 13.8. The molecule has 0 fully saturated rings. The summed E-state index contributed by atoms with van der Waals surface area (Å²) in [5, 5.41) is 48.0. The summed E-state index contributed by atoms with van der Waals surface area (Å²) in [6.07, 6.45) is 4.79. The molecule has 5 rings (SSSR count). The normalized spacial score (nSPS) is 30.3. The van der Waals surface area contributed by atoms with E-state index in [1.807, 2.05) is 0 Å². The number of allylic oxidation sites excluding steroid dienone is 2. The number of aliphatic hydroxyl groups is 3. The number of nitrogens with two attached hydrogens (primary N) is 1. The van der Waals surface area contributed by atoms with E-state index in [1.54, 1.807) is 20.2 Å². The number of phenolic OH excluding ortho intramolecular Hbond substituents is 1. The highest BCUT2D eigenvalue weighted by Gasteiger charge is 2.63. The van der Waals surface area contributed by atoms with E-state index in [0.29, 0.717) is 18.0 Å². The molecule has 0 saturated carbocycles. The van der Waals surface area contributed by atoms with E-state index in [9.17, 15) is 34.8 Å². The molecule has 1 aromatic carbocycles. The SMILES string of the molecule is CC1CCC=C1CNCc1ccc(O)c2c1C[C@@H]1C[C@@H]3[C@@H](N(C)C)C(O)=C(C(N)=O)C(=O)[C@]3(O)C(O)=C1C2=O. The monoisotopic (exact) mass is 537 g/mol. The van der Waals surface area contributed by atoms with Crippen molar-refractivity contribution in [3.8, 4) is 5.75 Å². The lowest BCUT2D eigenvalue weighted by molar-refractivity contribution is -0.148. The van der Waals surface area contributed by atoms with Gasteiger partial charge in [0.25, 0.3) is 5.91 Å². The highest BCUT2D eigenvalue weighted by atomic mass is 16.3. The minimum absolute atomic E-state index is 0.0310. The molecule has 208 valence electrons. The number of likely N-dealkylation sites (N-methyl/N-ethyl adjacent to an activating group) is 1. The standard InChI is InChI=1S/C29H35N3O7/c1-13-5-4-6-14(13)11-31-12-15-7-8-19(33)21-17(15)9-16-10-18-23(32(2)3)25(35)22(28(30)38)27(37)29(18,39)26(36)20(16)24(21)34/h6-8,13,16,18,23,31,33,35-36,39H,4-5,9-12H2,1-3H3,(H2,30,38)/t13?,16-,18-,23-,29-/m1/s1. The van der Waals surface area contributed by atoms with Gasteiger partial charge >= 0.3 is 0 Å². The molecule has 0 bridgehead atoms. The van der Waals surface area contributed by atoms with Crippen molar-refractivity contribution >= 4 is 17.5 Å². The average Bonchev–Trinajstić information content (AvgIpc) is 3.26. The van der Waals surface area contributed by atoms with E-state index in [4.69, 9.17) is 5.73 Å². The van der Waals surface area contributed by atoms with Gasteiger partial charge in [-0.15, -0.1) is 0 Å². The molecular formula is C29H35N3O7. The topological polar surface area (TPSA) is 173 Å². The van der Waals surface area contributed by atoms with Crippen LogP contribution in [-0.4, -0.2) is 75.1 Å². The quantitative estimate of drug-likeness (QED) is 0.233. The molecule has 1 unspecified atom stereocenters. The van der Waals surface area contributed by atoms with E-state index in [0.717, 1.165) is 24.9 Å². The Labute approximate surface area is 226 Å². The average molecular weight is 538 g/mol. The molecule has 1 amide bonds. The molecule has 5 atom stereocenters. The number of amides is 1. The molecule has 10 nitrogen and oxygen atoms in total. The van der Waals surface area contributed by atoms with Crippen molar-refractivity contribution in [1.29, 1.82) is 0 Å². The molecule has 0 saturated heterocycles. The van der Waals surface area contributed by atoms with Crippen LogP contribution in [0.1, 0.15) is 47.7 Å². The van der Waals surface area contributed by atoms with Crippen LogP contribution in [0.2, 0.25) is 0 Å². The Balaban J connectivity index is 1.56. The van der Waals surface area contributed by atoms with E-state index >= 15 is 0 Å². The van der Waals surface area contributed by atoms with Crippen LogP contribution in [0, 0.1) is 17.8 Å². The van der Waals surface area contributed by atoms with Crippen LogP contribution in [0.5, 0.6) is 5.75 Å². The number of aliphatic hydroxyl groups excluding tert-OH is 2. The zero-order chi connectivity index (χ0) is 28.4. The van der Waals surface area contributed by atoms with Gasteiger partial charge in [-0.3, -0.25) is 19.3 Å². The van der Waals surface area contributed by atoms with Crippen molar-refractivity contribution in [2.24, 2.45) is 23.5 Å². The molecule has 1 aromatic rings. The van der Waals surface area contributed by atoms with Crippen LogP contribution >= 0.6 is 0 Å². The number of rotatable bonds is 6. The molecule has 4 aliphatic rings. The second kappa shape index (κ2) is 9.62. The van der Waals surface area contributed by atoms with Crippen LogP contribution in [-0.2, 0) is 22.6 Å². The highest BCUT2D eigenvalue weighted by molar-refractivity contribution is 6.24. The first-order valence-electron chi connectivity index (χ1n) is 13.3. The van der Waals surface area contributed by atoms with Crippen LogP contribution in [0.4, 0.5) is 0 Å². The van der Waals surface area contributed by atoms with Gasteiger partial charge in [0.05, 0.1) is 11.6 Å². The van der Waals surface area contributed by atoms with Gasteiger partial charge in [0.2, 0.25) is 5.78 Å². The Morgan fingerprint density at radius 2 is 1.90 bits per heavy atom. The van der Waals surface area contributed by atoms with Gasteiger partial charge in [0, 0.05) is 24.6 Å². The van der Waals surface area contributed by atoms with Crippen molar-refractivity contribution in [3.05, 3.63) is 63.1 Å². The molecule has 0 heterocycles. The summed E-state index contributed by atoms with van der Waals surface area (Å²) in [4.78, 5) is 40.8. The van der Waals surface area contributed by atoms with Gasteiger partial charge in [-0.2, -0.15) is 0 Å². The predicted molar refractivity (Wildman–Crippen MR) is 142 cm³/mol. The van der Waals surface area contributed by atoms with Gasteiger partial charge in [-0.25, -0.2) is 0 Å². The largest absolute Gasteiger partial charge is 0.510 e. The van der Waals surface area contributed by atoms with Crippen molar-refractivity contribution in [1.82, 2.24) is 10.2 Å². The van der Waals surface area contributed by atoms with Crippen molar-refractivity contribution in [3.63, 3.8) is 0 Å². The zero-order valence-corrected chi connectivity index (χ0v) is 22.3. The first-order valence-corrected chi connectivity index (χ1v) is 13.3. The number of ketones is 2. The van der Waals surface area contributed by atoms with Gasteiger partial charge in [0.1, 0.15) is 22.8 Å². The second-order valence-corrected chi connectivity index (χ2v) is 11.4. The van der Waals surface area contributed by atoms with Gasteiger partial charge < -0.3 is 31.5 Å². The highest BCUT2D eigenvalue weighted by Crippen LogP contribution is 2.52. The lowest BCUT2D eigenvalue weighted by atomic mass is 9.58. The number of phenols is 1. The summed E-state index contributed by atoms with van der Waals surface area (Å²) >= 11 is 0. The molecule has 0 aromatic heterocycles. The lowest BCUT2D eigenvalue weighted by Gasteiger charge is -2.50. The Morgan fingerprint density at radius 3 is 2.51 bits per heavy atom. The molecule has 0 spiro atoms. The first-order chi connectivity index (χ1) is 18.4. The smallest absolute Gasteiger partial charge is 0.255 e. The molecule has 39 heavy (non-hydrogen) atoms. The van der Waals surface area contributed by atoms with Crippen LogP contribution < -0.4 is 11.1 Å². The molecule has 10 heteroatoms. The van der Waals surface area contributed by atoms with Crippen molar-refractivity contribution < 1.29 is 34.8 Å². The number of nitrogens with zero attached hydrogens (tertiary/aromatic N) is 1. The van der Waals surface area contributed by atoms with Crippen molar-refractivity contribution in [2.75, 3.05) is 20.6 Å². The Kier molecular flexibility index (Phi) is 6.69. The third-order valence-corrected chi connectivity index (χ3v) is 8.99. The number of primary amides is 1. The molecule has 4 aliphatic carbocycles. The summed E-state index contributed by atoms with van der Waals surface area (Å²) in [6.45, 7) is 3.38. The number of carbonyl (C=O) groups excluding carboxylic acids is 3. The predicted octanol–water partition coefficient (Wildman–Crippen LogP) is 1.57. The number of aromatic hydroxyl groups is 1. The van der Waals surface area contributed by atoms with E-state index in [-0.39, 0.29) is 29.7 Å². The fourth-order valence-corrected chi connectivity index (χ4v) is 6.97. The zero-order valence-electron chi connectivity index (χ0n) is 22.3. The third-order valence-electron chi connectivity index (χ3n) is 8.99. The number of carbonyl (C=O) groups is 3. The lowest BCUT2D eigenvalue weighted by Crippen LogP contribution is -2.63. The number of hydrogen-bond donors (Lipinski definition) is 6. The number of hydrogen-bond acceptors (Lipinski definition) is 9. The molecule has 7 N–H and O–H groups in total. The summed E-state index contributed by atoms with van der Waals surface area (Å²) in [6, 6.07) is 2.20. The minimum atomic E-state index is -2.63. The number of benzene rings is 1. The van der Waals surface area contributed by atoms with Crippen LogP contribution in [0.3, 0.4) is 0 Å². The first kappa shape index (κ1) is 27.1. The Morgan fingerprint density at radius 1 is 1.18 bits per heavy atom. The Hall–Kier alpha value is -3.47. The molecule has 0 aliphatic heterocycles. The van der Waals surface area contributed by atoms with E-state index in [1.165, 1.54) is 16.5 Å². The molecule has 0 radical (unpaired) electrons. The second-order valence-electron chi connectivity index (χ2n) is 11.4. The number of fused-ring (bicyclic) bond motifs is 3. The maximum Gasteiger partial charge on any atom is 0.255 e. The fourth-order valence-electron chi connectivity index (χ4n) is 6.97. The summed E-state index contributed by atoms with van der Waals surface area (Å²) in [7, 11) is 3.21. The van der Waals surface area contributed by atoms with Gasteiger partial charge in [-0.1, -0.05) is 24.6 Å². The van der Waals surface area contributed by atoms with Gasteiger partial charge in [-0.05, 0) is 68.8 Å². The molecular weight excluding hydrogens is 502 g/mol. The number of Topliss-reactive ketones (excluding diaryl/α,β-unsaturated/α-hetero) is 2. The summed E-state index contributed by atoms with van der Waals surface area (Å²) < 4.78 is 0. The third kappa shape index (κ3) is 4.00. The van der Waals surface area contributed by atoms with Crippen LogP contribution in [0.15, 0.2) is 46.4 Å². The number of nitrogens with one attached hydrogen (secondary N) is 1. The fraction of sp³-hybridized carbons (Fsp3) is 0.483. The van der Waals surface area contributed by atoms with Crippen molar-refractivity contribution in [2.45, 2.75) is 50.8 Å². The van der Waals surface area contributed by atoms with E-state index in [2.05, 4.69) is 18.3 Å². The summed E-state index contributed by atoms with van der Waals surface area (Å²) in [5.74, 6) is -5.96. The maximum absolute atomic E-state index is 13.8. The van der Waals surface area contributed by atoms with Crippen LogP contribution in [0.25, 0.3) is 0 Å². The van der Waals surface area contributed by atoms with Gasteiger partial charge in [0.15, 0.2) is 11.4 Å². The Bertz CT molecular complexity index is 1370. The minimum Gasteiger partial charge on any atom is -0.510 e. The summed E-state index contributed by atoms with van der Waals surface area (Å²) in [5.41, 5.74) is 4.63. The van der Waals surface area contributed by atoms with E-state index < -0.39 is 58.0 Å².